The van der Waals surface area contributed by atoms with Gasteiger partial charge in [-0.3, -0.25) is 4.57 Å². The number of hydrogen-bond acceptors (Lipinski definition) is 12. The summed E-state index contributed by atoms with van der Waals surface area (Å²) in [5.41, 5.74) is 8.98. The van der Waals surface area contributed by atoms with Gasteiger partial charge in [-0.1, -0.05) is 171 Å². The fourth-order valence-corrected chi connectivity index (χ4v) is 9.82. The lowest BCUT2D eigenvalue weighted by molar-refractivity contribution is -0.181. The molecule has 0 aliphatic carbocycles. The van der Waals surface area contributed by atoms with Gasteiger partial charge in [-0.25, -0.2) is 14.4 Å². The summed E-state index contributed by atoms with van der Waals surface area (Å²) >= 11 is 0. The number of carbonyl (C=O) groups excluding carboxylic acids is 2. The van der Waals surface area contributed by atoms with Crippen LogP contribution in [0.1, 0.15) is 81.2 Å². The predicted molar refractivity (Wildman–Crippen MR) is 289 cm³/mol. The Kier molecular flexibility index (Phi) is 16.3. The number of esters is 1. The Labute approximate surface area is 442 Å². The zero-order valence-electron chi connectivity index (χ0n) is 43.8. The van der Waals surface area contributed by atoms with E-state index in [-0.39, 0.29) is 5.82 Å². The van der Waals surface area contributed by atoms with Crippen LogP contribution >= 0.6 is 0 Å². The third kappa shape index (κ3) is 11.2. The van der Waals surface area contributed by atoms with Gasteiger partial charge in [0.2, 0.25) is 5.72 Å². The lowest BCUT2D eigenvalue weighted by Gasteiger charge is -2.39. The smallest absolute Gasteiger partial charge is 0.408 e. The third-order valence-electron chi connectivity index (χ3n) is 13.5. The number of aromatic nitrogens is 2. The highest BCUT2D eigenvalue weighted by Crippen LogP contribution is 2.48. The first-order valence-corrected chi connectivity index (χ1v) is 25.0. The summed E-state index contributed by atoms with van der Waals surface area (Å²) in [6.07, 6.45) is -2.00. The molecule has 2 N–H and O–H groups in total. The standard InChI is InChI=1S/C60H63N7O9/c1-40(2)51(63-56(70)76-57(4,5)6)54(68)74-52-41(3)53(75-58(52,65-66-61)39-73-60(45-25-17-11-18-26-45,46-27-19-12-20-28-46)47-31-35-49(72-8)36-32-47)67-38-37-50(62-55(67)69)64-59(42-21-13-9-14-22-42,43-23-15-10-16-24-43)44-29-33-48(71-7)34-30-44/h9-38,40-41,51-53H,39H2,1-8H3,(H,63,70)(H,62,64,69)/t41-,51-,52-,53+,58+/m0/s1. The Hall–Kier alpha value is -8.43. The van der Waals surface area contributed by atoms with Gasteiger partial charge < -0.3 is 39.1 Å². The maximum absolute atomic E-state index is 14.8. The van der Waals surface area contributed by atoms with Crippen molar-refractivity contribution in [2.45, 2.75) is 82.4 Å². The zero-order chi connectivity index (χ0) is 54.1. The number of nitrogens with one attached hydrogen (secondary N) is 2. The maximum atomic E-state index is 14.8. The zero-order valence-corrected chi connectivity index (χ0v) is 43.8. The summed E-state index contributed by atoms with van der Waals surface area (Å²) < 4.78 is 38.5. The minimum atomic E-state index is -2.16. The van der Waals surface area contributed by atoms with Gasteiger partial charge in [0.1, 0.15) is 52.4 Å². The molecule has 0 spiro atoms. The van der Waals surface area contributed by atoms with Crippen molar-refractivity contribution in [2.24, 2.45) is 17.0 Å². The van der Waals surface area contributed by atoms with Gasteiger partial charge in [-0.2, -0.15) is 4.98 Å². The predicted octanol–water partition coefficient (Wildman–Crippen LogP) is 11.3. The number of azide groups is 1. The second-order valence-corrected chi connectivity index (χ2v) is 19.9. The highest BCUT2D eigenvalue weighted by atomic mass is 16.6. The van der Waals surface area contributed by atoms with Gasteiger partial charge in [-0.15, -0.1) is 0 Å². The molecule has 1 saturated heterocycles. The van der Waals surface area contributed by atoms with Gasteiger partial charge >= 0.3 is 17.8 Å². The molecule has 0 saturated carbocycles. The molecule has 1 aromatic heterocycles. The molecule has 16 heteroatoms. The number of amides is 1. The van der Waals surface area contributed by atoms with Crippen LogP contribution in [0.15, 0.2) is 192 Å². The van der Waals surface area contributed by atoms with E-state index >= 15 is 0 Å². The van der Waals surface area contributed by atoms with Gasteiger partial charge in [0.25, 0.3) is 0 Å². The fourth-order valence-electron chi connectivity index (χ4n) is 9.82. The Bertz CT molecular complexity index is 3090. The highest BCUT2D eigenvalue weighted by molar-refractivity contribution is 5.82. The van der Waals surface area contributed by atoms with Gasteiger partial charge in [0.05, 0.1) is 20.8 Å². The summed E-state index contributed by atoms with van der Waals surface area (Å²) in [6, 6.07) is 54.2. The number of nitrogens with zero attached hydrogens (tertiary/aromatic N) is 5. The van der Waals surface area contributed by atoms with Gasteiger partial charge in [0.15, 0.2) is 0 Å². The number of methoxy groups -OCH3 is 2. The molecule has 2 heterocycles. The molecule has 76 heavy (non-hydrogen) atoms. The SMILES string of the molecule is COc1ccc(C(Nc2ccn([C@@H]3O[C@@](COC(c4ccccc4)(c4ccccc4)c4ccc(OC)cc4)(N=[N+]=[N-])[C@@H](OC(=O)[C@@H](NC(=O)OC(C)(C)C)C(C)C)[C@@H]3C)c(=O)n2)(c2ccccc2)c2ccccc2)cc1. The Morgan fingerprint density at radius 3 is 1.63 bits per heavy atom. The topological polar surface area (TPSA) is 197 Å². The average Bonchev–Trinajstić information content (AvgIpc) is 3.73. The molecule has 8 rings (SSSR count). The molecule has 0 unspecified atom stereocenters. The largest absolute Gasteiger partial charge is 0.497 e. The van der Waals surface area contributed by atoms with E-state index in [2.05, 4.69) is 25.6 Å². The summed E-state index contributed by atoms with van der Waals surface area (Å²) in [5.74, 6) is -0.789. The highest BCUT2D eigenvalue weighted by Gasteiger charge is 2.59. The number of carbonyl (C=O) groups is 2. The first-order chi connectivity index (χ1) is 36.6. The molecule has 6 aromatic carbocycles. The van der Waals surface area contributed by atoms with Gasteiger partial charge in [0, 0.05) is 17.0 Å². The fraction of sp³-hybridized carbons (Fsp3) is 0.300. The second-order valence-electron chi connectivity index (χ2n) is 19.9. The molecule has 392 valence electrons. The Morgan fingerprint density at radius 1 is 0.724 bits per heavy atom. The van der Waals surface area contributed by atoms with E-state index in [0.717, 1.165) is 16.7 Å². The molecule has 0 radical (unpaired) electrons. The maximum Gasteiger partial charge on any atom is 0.408 e. The van der Waals surface area contributed by atoms with Gasteiger partial charge in [-0.05, 0) is 95.9 Å². The van der Waals surface area contributed by atoms with Crippen LogP contribution < -0.4 is 25.8 Å². The van der Waals surface area contributed by atoms with Crippen molar-refractivity contribution < 1.29 is 38.0 Å². The number of anilines is 1. The summed E-state index contributed by atoms with van der Waals surface area (Å²) in [5, 5.41) is 10.6. The van der Waals surface area contributed by atoms with Crippen molar-refractivity contribution in [3.63, 3.8) is 0 Å². The molecule has 0 bridgehead atoms. The number of benzene rings is 6. The van der Waals surface area contributed by atoms with E-state index in [9.17, 15) is 19.9 Å². The van der Waals surface area contributed by atoms with Crippen molar-refractivity contribution >= 4 is 17.9 Å². The van der Waals surface area contributed by atoms with Crippen LogP contribution in [-0.2, 0) is 34.9 Å². The van der Waals surface area contributed by atoms with Crippen LogP contribution in [-0.4, -0.2) is 65.9 Å². The molecule has 16 nitrogen and oxygen atoms in total. The van der Waals surface area contributed by atoms with Crippen molar-refractivity contribution in [1.82, 2.24) is 14.9 Å². The Balaban J connectivity index is 1.25. The van der Waals surface area contributed by atoms with E-state index in [1.165, 1.54) is 10.8 Å². The molecule has 1 aliphatic heterocycles. The van der Waals surface area contributed by atoms with Crippen LogP contribution in [0.2, 0.25) is 0 Å². The van der Waals surface area contributed by atoms with E-state index in [4.69, 9.17) is 28.4 Å². The molecule has 1 amide bonds. The van der Waals surface area contributed by atoms with E-state index < -0.39 is 77.0 Å². The summed E-state index contributed by atoms with van der Waals surface area (Å²) in [7, 11) is 3.19. The second kappa shape index (κ2) is 23.0. The molecular formula is C60H63N7O9. The molecule has 1 fully saturated rings. The average molecular weight is 1030 g/mol. The third-order valence-corrected chi connectivity index (χ3v) is 13.5. The monoisotopic (exact) mass is 1030 g/mol. The van der Waals surface area contributed by atoms with E-state index in [0.29, 0.717) is 28.2 Å². The lowest BCUT2D eigenvalue weighted by Crippen LogP contribution is -2.52. The molecular weight excluding hydrogens is 963 g/mol. The van der Waals surface area contributed by atoms with Crippen LogP contribution in [0.3, 0.4) is 0 Å². The minimum absolute atomic E-state index is 0.228. The number of rotatable bonds is 19. The minimum Gasteiger partial charge on any atom is -0.497 e. The molecule has 1 aliphatic rings. The van der Waals surface area contributed by atoms with E-state index in [1.807, 2.05) is 170 Å². The Morgan fingerprint density at radius 2 is 1.18 bits per heavy atom. The van der Waals surface area contributed by atoms with Crippen LogP contribution in [0.25, 0.3) is 10.4 Å². The van der Waals surface area contributed by atoms with E-state index in [1.54, 1.807) is 61.8 Å². The van der Waals surface area contributed by atoms with Crippen molar-refractivity contribution in [1.29, 1.82) is 0 Å². The molecule has 5 atom stereocenters. The van der Waals surface area contributed by atoms with Crippen LogP contribution in [0, 0.1) is 11.8 Å². The van der Waals surface area contributed by atoms with Crippen LogP contribution in [0.4, 0.5) is 10.6 Å². The number of ether oxygens (including phenoxy) is 6. The summed E-state index contributed by atoms with van der Waals surface area (Å²) in [4.78, 5) is 50.6. The quantitative estimate of drug-likeness (QED) is 0.0257. The first kappa shape index (κ1) is 53.8. The number of alkyl carbamates (subject to hydrolysis) is 1. The van der Waals surface area contributed by atoms with Crippen molar-refractivity contribution in [3.05, 3.63) is 236 Å². The van der Waals surface area contributed by atoms with Crippen molar-refractivity contribution in [3.8, 4) is 11.5 Å². The van der Waals surface area contributed by atoms with Crippen molar-refractivity contribution in [2.75, 3.05) is 26.1 Å². The normalized spacial score (nSPS) is 17.9. The lowest BCUT2D eigenvalue weighted by atomic mass is 9.77. The summed E-state index contributed by atoms with van der Waals surface area (Å²) in [6.45, 7) is 9.80. The molecule has 7 aromatic rings. The first-order valence-electron chi connectivity index (χ1n) is 25.0. The van der Waals surface area contributed by atoms with Crippen LogP contribution in [0.5, 0.6) is 11.5 Å². The number of hydrogen-bond donors (Lipinski definition) is 2.